The summed E-state index contributed by atoms with van der Waals surface area (Å²) >= 11 is 0. The number of fused-ring (bicyclic) bond motifs is 1. The summed E-state index contributed by atoms with van der Waals surface area (Å²) in [5, 5.41) is 0.298. The Morgan fingerprint density at radius 2 is 2.20 bits per heavy atom. The quantitative estimate of drug-likeness (QED) is 0.829. The monoisotopic (exact) mass is 211 g/mol. The van der Waals surface area contributed by atoms with E-state index in [2.05, 4.69) is 0 Å². The average molecular weight is 211 g/mol. The molecule has 0 radical (unpaired) electrons. The van der Waals surface area contributed by atoms with E-state index in [-0.39, 0.29) is 23.6 Å². The lowest BCUT2D eigenvalue weighted by Crippen LogP contribution is -2.12. The van der Waals surface area contributed by atoms with E-state index >= 15 is 0 Å². The third kappa shape index (κ3) is 1.51. The Morgan fingerprint density at radius 3 is 2.87 bits per heavy atom. The Morgan fingerprint density at radius 1 is 1.47 bits per heavy atom. The minimum absolute atomic E-state index is 0.0337. The van der Waals surface area contributed by atoms with Gasteiger partial charge in [-0.05, 0) is 18.5 Å². The SMILES string of the molecule is CC(CN)c1c(F)cc2occc2c1F. The van der Waals surface area contributed by atoms with Gasteiger partial charge in [0.15, 0.2) is 0 Å². The molecule has 4 heteroatoms. The zero-order chi connectivity index (χ0) is 11.0. The van der Waals surface area contributed by atoms with Gasteiger partial charge in [-0.25, -0.2) is 8.78 Å². The maximum atomic E-state index is 13.8. The van der Waals surface area contributed by atoms with E-state index in [1.165, 1.54) is 18.4 Å². The summed E-state index contributed by atoms with van der Waals surface area (Å²) in [4.78, 5) is 0. The standard InChI is InChI=1S/C11H11F2NO/c1-6(5-14)10-8(12)4-9-7(11(10)13)2-3-15-9/h2-4,6H,5,14H2,1H3. The predicted molar refractivity (Wildman–Crippen MR) is 53.6 cm³/mol. The van der Waals surface area contributed by atoms with Crippen LogP contribution < -0.4 is 5.73 Å². The molecule has 2 N–H and O–H groups in total. The summed E-state index contributed by atoms with van der Waals surface area (Å²) in [7, 11) is 0. The second-order valence-electron chi connectivity index (χ2n) is 3.56. The molecular weight excluding hydrogens is 200 g/mol. The lowest BCUT2D eigenvalue weighted by Gasteiger charge is -2.11. The van der Waals surface area contributed by atoms with Crippen molar-refractivity contribution in [2.45, 2.75) is 12.8 Å². The minimum atomic E-state index is -0.604. The van der Waals surface area contributed by atoms with Crippen molar-refractivity contribution >= 4 is 11.0 Å². The van der Waals surface area contributed by atoms with Crippen LogP contribution in [0.5, 0.6) is 0 Å². The highest BCUT2D eigenvalue weighted by molar-refractivity contribution is 5.79. The van der Waals surface area contributed by atoms with Crippen molar-refractivity contribution in [1.29, 1.82) is 0 Å². The number of hydrogen-bond donors (Lipinski definition) is 1. The van der Waals surface area contributed by atoms with Gasteiger partial charge in [0.2, 0.25) is 0 Å². The molecule has 1 aromatic carbocycles. The molecule has 15 heavy (non-hydrogen) atoms. The van der Waals surface area contributed by atoms with Gasteiger partial charge < -0.3 is 10.2 Å². The molecule has 80 valence electrons. The first-order chi connectivity index (χ1) is 7.15. The number of furan rings is 1. The molecule has 0 spiro atoms. The molecule has 1 unspecified atom stereocenters. The Kier molecular flexibility index (Phi) is 2.44. The number of halogens is 2. The molecule has 2 rings (SSSR count). The van der Waals surface area contributed by atoms with E-state index in [0.717, 1.165) is 0 Å². The Balaban J connectivity index is 2.72. The Labute approximate surface area is 85.7 Å². The predicted octanol–water partition coefficient (Wildman–Crippen LogP) is 2.77. The fraction of sp³-hybridized carbons (Fsp3) is 0.273. The topological polar surface area (TPSA) is 39.2 Å². The van der Waals surface area contributed by atoms with Crippen LogP contribution in [0.3, 0.4) is 0 Å². The van der Waals surface area contributed by atoms with Crippen molar-refractivity contribution in [3.05, 3.63) is 35.6 Å². The molecule has 0 bridgehead atoms. The fourth-order valence-electron chi connectivity index (χ4n) is 1.63. The highest BCUT2D eigenvalue weighted by atomic mass is 19.1. The lowest BCUT2D eigenvalue weighted by atomic mass is 9.98. The number of hydrogen-bond acceptors (Lipinski definition) is 2. The first-order valence-electron chi connectivity index (χ1n) is 4.70. The highest BCUT2D eigenvalue weighted by Crippen LogP contribution is 2.29. The molecule has 0 aliphatic carbocycles. The first kappa shape index (κ1) is 10.1. The van der Waals surface area contributed by atoms with Crippen LogP contribution in [-0.2, 0) is 0 Å². The maximum Gasteiger partial charge on any atom is 0.140 e. The van der Waals surface area contributed by atoms with E-state index in [1.807, 2.05) is 0 Å². The largest absolute Gasteiger partial charge is 0.464 e. The summed E-state index contributed by atoms with van der Waals surface area (Å²) in [6, 6.07) is 2.68. The van der Waals surface area contributed by atoms with Crippen LogP contribution in [-0.4, -0.2) is 6.54 Å². The summed E-state index contributed by atoms with van der Waals surface area (Å²) in [6.07, 6.45) is 1.34. The van der Waals surface area contributed by atoms with Gasteiger partial charge in [0, 0.05) is 11.6 Å². The molecule has 1 heterocycles. The van der Waals surface area contributed by atoms with Crippen LogP contribution in [0, 0.1) is 11.6 Å². The zero-order valence-corrected chi connectivity index (χ0v) is 8.26. The van der Waals surface area contributed by atoms with E-state index in [4.69, 9.17) is 10.2 Å². The van der Waals surface area contributed by atoms with E-state index in [1.54, 1.807) is 6.92 Å². The smallest absolute Gasteiger partial charge is 0.140 e. The van der Waals surface area contributed by atoms with Crippen LogP contribution in [0.15, 0.2) is 22.8 Å². The maximum absolute atomic E-state index is 13.8. The van der Waals surface area contributed by atoms with Crippen molar-refractivity contribution < 1.29 is 13.2 Å². The van der Waals surface area contributed by atoms with Gasteiger partial charge in [0.25, 0.3) is 0 Å². The fourth-order valence-corrected chi connectivity index (χ4v) is 1.63. The molecule has 1 atom stereocenters. The molecule has 1 aromatic heterocycles. The molecule has 0 fully saturated rings. The summed E-state index contributed by atoms with van der Waals surface area (Å²) < 4.78 is 32.3. The molecule has 0 aliphatic rings. The van der Waals surface area contributed by atoms with Crippen LogP contribution in [0.4, 0.5) is 8.78 Å². The molecule has 0 aliphatic heterocycles. The normalized spacial score (nSPS) is 13.3. The second-order valence-corrected chi connectivity index (χ2v) is 3.56. The van der Waals surface area contributed by atoms with Crippen LogP contribution in [0.25, 0.3) is 11.0 Å². The van der Waals surface area contributed by atoms with Gasteiger partial charge in [-0.3, -0.25) is 0 Å². The van der Waals surface area contributed by atoms with Crippen LogP contribution >= 0.6 is 0 Å². The molecule has 0 amide bonds. The minimum Gasteiger partial charge on any atom is -0.464 e. The molecule has 0 saturated heterocycles. The third-order valence-corrected chi connectivity index (χ3v) is 2.53. The van der Waals surface area contributed by atoms with Crippen molar-refractivity contribution in [3.8, 4) is 0 Å². The summed E-state index contributed by atoms with van der Waals surface area (Å²) in [6.45, 7) is 1.89. The van der Waals surface area contributed by atoms with Gasteiger partial charge in [-0.1, -0.05) is 6.92 Å². The first-order valence-corrected chi connectivity index (χ1v) is 4.70. The summed E-state index contributed by atoms with van der Waals surface area (Å²) in [5.74, 6) is -1.52. The second kappa shape index (κ2) is 3.62. The Bertz CT molecular complexity index is 493. The van der Waals surface area contributed by atoms with Gasteiger partial charge in [-0.2, -0.15) is 0 Å². The zero-order valence-electron chi connectivity index (χ0n) is 8.26. The van der Waals surface area contributed by atoms with E-state index in [9.17, 15) is 8.78 Å². The van der Waals surface area contributed by atoms with Gasteiger partial charge in [-0.15, -0.1) is 0 Å². The van der Waals surface area contributed by atoms with Crippen molar-refractivity contribution in [3.63, 3.8) is 0 Å². The third-order valence-electron chi connectivity index (χ3n) is 2.53. The van der Waals surface area contributed by atoms with E-state index < -0.39 is 11.6 Å². The number of benzene rings is 1. The Hall–Kier alpha value is -1.42. The van der Waals surface area contributed by atoms with Gasteiger partial charge in [0.05, 0.1) is 11.6 Å². The van der Waals surface area contributed by atoms with Gasteiger partial charge >= 0.3 is 0 Å². The van der Waals surface area contributed by atoms with Crippen LogP contribution in [0.1, 0.15) is 18.4 Å². The summed E-state index contributed by atoms with van der Waals surface area (Å²) in [5.41, 5.74) is 5.66. The molecule has 0 saturated carbocycles. The van der Waals surface area contributed by atoms with E-state index in [0.29, 0.717) is 5.39 Å². The van der Waals surface area contributed by atoms with Crippen molar-refractivity contribution in [1.82, 2.24) is 0 Å². The van der Waals surface area contributed by atoms with Crippen molar-refractivity contribution in [2.75, 3.05) is 6.54 Å². The molecular formula is C11H11F2NO. The highest BCUT2D eigenvalue weighted by Gasteiger charge is 2.19. The number of rotatable bonds is 2. The van der Waals surface area contributed by atoms with Crippen molar-refractivity contribution in [2.24, 2.45) is 5.73 Å². The van der Waals surface area contributed by atoms with Crippen LogP contribution in [0.2, 0.25) is 0 Å². The lowest BCUT2D eigenvalue weighted by molar-refractivity contribution is 0.536. The molecule has 2 aromatic rings. The number of nitrogens with two attached hydrogens (primary N) is 1. The van der Waals surface area contributed by atoms with Gasteiger partial charge in [0.1, 0.15) is 17.2 Å². The molecule has 2 nitrogen and oxygen atoms in total. The average Bonchev–Trinajstić information content (AvgIpc) is 2.65.